The maximum atomic E-state index is 5.09. The summed E-state index contributed by atoms with van der Waals surface area (Å²) in [5, 5.41) is 4.29. The van der Waals surface area contributed by atoms with Crippen molar-refractivity contribution in [1.82, 2.24) is 4.57 Å². The minimum absolute atomic E-state index is 0.190. The number of benzene rings is 1. The van der Waals surface area contributed by atoms with Gasteiger partial charge >= 0.3 is 0 Å². The number of para-hydroxylation sites is 1. The average molecular weight is 296 g/mol. The van der Waals surface area contributed by atoms with Crippen molar-refractivity contribution in [3.05, 3.63) is 52.8 Å². The lowest BCUT2D eigenvalue weighted by Gasteiger charge is -2.31. The summed E-state index contributed by atoms with van der Waals surface area (Å²) in [7, 11) is 1.62. The van der Waals surface area contributed by atoms with Crippen molar-refractivity contribution in [2.45, 2.75) is 40.5 Å². The van der Waals surface area contributed by atoms with E-state index >= 15 is 0 Å². The molecular weight excluding hydrogens is 272 g/mol. The van der Waals surface area contributed by atoms with Crippen LogP contribution in [0.5, 0.6) is 0 Å². The van der Waals surface area contributed by atoms with E-state index in [0.29, 0.717) is 0 Å². The van der Waals surface area contributed by atoms with Gasteiger partial charge in [-0.15, -0.1) is 0 Å². The van der Waals surface area contributed by atoms with Gasteiger partial charge in [0, 0.05) is 22.6 Å². The van der Waals surface area contributed by atoms with Gasteiger partial charge in [-0.05, 0) is 49.8 Å². The van der Waals surface area contributed by atoms with Gasteiger partial charge < -0.3 is 9.40 Å². The second kappa shape index (κ2) is 5.31. The van der Waals surface area contributed by atoms with E-state index in [2.05, 4.69) is 67.7 Å². The number of aryl methyl sites for hydroxylation is 2. The Morgan fingerprint density at radius 2 is 1.86 bits per heavy atom. The van der Waals surface area contributed by atoms with Gasteiger partial charge in [0.1, 0.15) is 7.11 Å². The number of nitrogens with zero attached hydrogens (tertiary/aromatic N) is 2. The Labute approximate surface area is 132 Å². The van der Waals surface area contributed by atoms with Crippen LogP contribution < -0.4 is 0 Å². The lowest BCUT2D eigenvalue weighted by atomic mass is 9.76. The standard InChI is InChI=1S/C19H24N2O/c1-13-8-6-7-9-17(13)21-14(2)10-15-16(20-22-5)11-19(3,4)12-18(15)21/h6-10H,11-12H2,1-5H3. The minimum Gasteiger partial charge on any atom is -0.399 e. The fourth-order valence-electron chi connectivity index (χ4n) is 3.52. The summed E-state index contributed by atoms with van der Waals surface area (Å²) in [5.41, 5.74) is 7.63. The highest BCUT2D eigenvalue weighted by Gasteiger charge is 2.33. The quantitative estimate of drug-likeness (QED) is 0.754. The van der Waals surface area contributed by atoms with E-state index < -0.39 is 0 Å². The van der Waals surface area contributed by atoms with Gasteiger partial charge in [-0.25, -0.2) is 0 Å². The molecule has 0 bridgehead atoms. The number of oxime groups is 1. The van der Waals surface area contributed by atoms with E-state index in [0.717, 1.165) is 18.6 Å². The second-order valence-electron chi connectivity index (χ2n) is 7.01. The molecule has 0 atom stereocenters. The molecule has 0 spiro atoms. The molecule has 116 valence electrons. The van der Waals surface area contributed by atoms with Crippen LogP contribution in [0.1, 0.15) is 42.8 Å². The molecule has 0 unspecified atom stereocenters. The Balaban J connectivity index is 2.24. The molecule has 3 rings (SSSR count). The number of rotatable bonds is 2. The first-order valence-corrected chi connectivity index (χ1v) is 7.80. The number of hydrogen-bond donors (Lipinski definition) is 0. The minimum atomic E-state index is 0.190. The molecule has 0 radical (unpaired) electrons. The predicted molar refractivity (Wildman–Crippen MR) is 90.9 cm³/mol. The van der Waals surface area contributed by atoms with Crippen molar-refractivity contribution in [2.24, 2.45) is 10.6 Å². The van der Waals surface area contributed by atoms with Gasteiger partial charge in [-0.1, -0.05) is 37.2 Å². The Hall–Kier alpha value is -2.03. The summed E-state index contributed by atoms with van der Waals surface area (Å²) in [4.78, 5) is 5.09. The molecule has 0 N–H and O–H groups in total. The molecule has 0 amide bonds. The van der Waals surface area contributed by atoms with Gasteiger partial charge in [-0.2, -0.15) is 0 Å². The van der Waals surface area contributed by atoms with Crippen molar-refractivity contribution < 1.29 is 4.84 Å². The summed E-state index contributed by atoms with van der Waals surface area (Å²) in [6.45, 7) is 8.93. The van der Waals surface area contributed by atoms with Crippen molar-refractivity contribution in [3.8, 4) is 5.69 Å². The molecule has 22 heavy (non-hydrogen) atoms. The maximum absolute atomic E-state index is 5.09. The Morgan fingerprint density at radius 1 is 1.14 bits per heavy atom. The number of hydrogen-bond acceptors (Lipinski definition) is 2. The molecule has 1 aromatic heterocycles. The van der Waals surface area contributed by atoms with Crippen LogP contribution in [0.25, 0.3) is 5.69 Å². The van der Waals surface area contributed by atoms with Crippen molar-refractivity contribution in [3.63, 3.8) is 0 Å². The number of aromatic nitrogens is 1. The van der Waals surface area contributed by atoms with Crippen LogP contribution in [-0.2, 0) is 11.3 Å². The Morgan fingerprint density at radius 3 is 2.55 bits per heavy atom. The molecule has 0 fully saturated rings. The number of fused-ring (bicyclic) bond motifs is 1. The summed E-state index contributed by atoms with van der Waals surface area (Å²) in [6, 6.07) is 10.8. The highest BCUT2D eigenvalue weighted by molar-refractivity contribution is 6.03. The molecule has 1 aliphatic rings. The monoisotopic (exact) mass is 296 g/mol. The first-order chi connectivity index (χ1) is 10.4. The fraction of sp³-hybridized carbons (Fsp3) is 0.421. The molecule has 0 saturated heterocycles. The van der Waals surface area contributed by atoms with Crippen LogP contribution in [0.4, 0.5) is 0 Å². The first kappa shape index (κ1) is 14.9. The van der Waals surface area contributed by atoms with E-state index in [1.807, 2.05) is 0 Å². The van der Waals surface area contributed by atoms with Gasteiger partial charge in [0.15, 0.2) is 0 Å². The van der Waals surface area contributed by atoms with E-state index in [-0.39, 0.29) is 5.41 Å². The summed E-state index contributed by atoms with van der Waals surface area (Å²) in [5.74, 6) is 0. The molecule has 1 aliphatic carbocycles. The van der Waals surface area contributed by atoms with E-state index in [9.17, 15) is 0 Å². The highest BCUT2D eigenvalue weighted by Crippen LogP contribution is 2.38. The van der Waals surface area contributed by atoms with Crippen LogP contribution in [-0.4, -0.2) is 17.4 Å². The van der Waals surface area contributed by atoms with Gasteiger partial charge in [0.2, 0.25) is 0 Å². The zero-order valence-electron chi connectivity index (χ0n) is 14.1. The normalized spacial score (nSPS) is 18.3. The molecule has 0 saturated carbocycles. The molecule has 3 nitrogen and oxygen atoms in total. The average Bonchev–Trinajstić information content (AvgIpc) is 2.75. The van der Waals surface area contributed by atoms with Gasteiger partial charge in [-0.3, -0.25) is 0 Å². The van der Waals surface area contributed by atoms with Crippen molar-refractivity contribution in [1.29, 1.82) is 0 Å². The molecule has 0 aliphatic heterocycles. The maximum Gasteiger partial charge on any atom is 0.106 e. The van der Waals surface area contributed by atoms with Crippen molar-refractivity contribution in [2.75, 3.05) is 7.11 Å². The fourth-order valence-corrected chi connectivity index (χ4v) is 3.52. The third-order valence-electron chi connectivity index (χ3n) is 4.45. The molecule has 3 heteroatoms. The lowest BCUT2D eigenvalue weighted by molar-refractivity contribution is 0.210. The van der Waals surface area contributed by atoms with Crippen LogP contribution >= 0.6 is 0 Å². The van der Waals surface area contributed by atoms with Crippen LogP contribution in [0, 0.1) is 19.3 Å². The second-order valence-corrected chi connectivity index (χ2v) is 7.01. The lowest BCUT2D eigenvalue weighted by Crippen LogP contribution is -2.28. The summed E-state index contributed by atoms with van der Waals surface area (Å²) in [6.07, 6.45) is 2.00. The smallest absolute Gasteiger partial charge is 0.106 e. The zero-order chi connectivity index (χ0) is 15.9. The first-order valence-electron chi connectivity index (χ1n) is 7.80. The molecule has 1 heterocycles. The third-order valence-corrected chi connectivity index (χ3v) is 4.45. The SMILES string of the molecule is CON=C1CC(C)(C)Cc2c1cc(C)n2-c1ccccc1C. The topological polar surface area (TPSA) is 26.5 Å². The summed E-state index contributed by atoms with van der Waals surface area (Å²) >= 11 is 0. The zero-order valence-corrected chi connectivity index (χ0v) is 14.1. The summed E-state index contributed by atoms with van der Waals surface area (Å²) < 4.78 is 2.39. The van der Waals surface area contributed by atoms with E-state index in [1.54, 1.807) is 7.11 Å². The van der Waals surface area contributed by atoms with Gasteiger partial charge in [0.05, 0.1) is 5.71 Å². The highest BCUT2D eigenvalue weighted by atomic mass is 16.6. The van der Waals surface area contributed by atoms with Crippen molar-refractivity contribution >= 4 is 5.71 Å². The van der Waals surface area contributed by atoms with Crippen LogP contribution in [0.15, 0.2) is 35.5 Å². The molecular formula is C19H24N2O. The third kappa shape index (κ3) is 2.45. The predicted octanol–water partition coefficient (Wildman–Crippen LogP) is 4.42. The van der Waals surface area contributed by atoms with Crippen LogP contribution in [0.2, 0.25) is 0 Å². The van der Waals surface area contributed by atoms with E-state index in [4.69, 9.17) is 4.84 Å². The molecule has 1 aromatic carbocycles. The van der Waals surface area contributed by atoms with Gasteiger partial charge in [0.25, 0.3) is 0 Å². The largest absolute Gasteiger partial charge is 0.399 e. The van der Waals surface area contributed by atoms with Crippen LogP contribution in [0.3, 0.4) is 0 Å². The Kier molecular flexibility index (Phi) is 3.59. The Bertz CT molecular complexity index is 738. The molecule has 2 aromatic rings. The van der Waals surface area contributed by atoms with E-state index in [1.165, 1.54) is 28.2 Å².